The number of benzene rings is 1. The van der Waals surface area contributed by atoms with Crippen molar-refractivity contribution in [2.75, 3.05) is 12.8 Å². The van der Waals surface area contributed by atoms with Gasteiger partial charge in [0.15, 0.2) is 0 Å². The largest absolute Gasteiger partial charge is 0.447 e. The van der Waals surface area contributed by atoms with Crippen LogP contribution in [0, 0.1) is 0 Å². The van der Waals surface area contributed by atoms with Crippen molar-refractivity contribution in [1.82, 2.24) is 4.90 Å². The van der Waals surface area contributed by atoms with Crippen molar-refractivity contribution in [3.8, 4) is 0 Å². The first-order chi connectivity index (χ1) is 7.49. The number of anilines is 1. The van der Waals surface area contributed by atoms with Crippen molar-refractivity contribution in [1.29, 1.82) is 0 Å². The lowest BCUT2D eigenvalue weighted by atomic mass is 10.2. The zero-order valence-corrected chi connectivity index (χ0v) is 9.93. The summed E-state index contributed by atoms with van der Waals surface area (Å²) in [6.07, 6.45) is -0.409. The monoisotopic (exact) mass is 222 g/mol. The molecule has 0 aliphatic rings. The second kappa shape index (κ2) is 5.39. The molecule has 1 rings (SSSR count). The van der Waals surface area contributed by atoms with Gasteiger partial charge in [-0.25, -0.2) is 4.79 Å². The molecule has 0 aliphatic carbocycles. The highest BCUT2D eigenvalue weighted by Gasteiger charge is 2.11. The highest BCUT2D eigenvalue weighted by molar-refractivity contribution is 5.67. The van der Waals surface area contributed by atoms with Gasteiger partial charge in [0.05, 0.1) is 6.10 Å². The van der Waals surface area contributed by atoms with Crippen LogP contribution in [0.4, 0.5) is 10.5 Å². The van der Waals surface area contributed by atoms with E-state index in [2.05, 4.69) is 0 Å². The molecule has 0 radical (unpaired) electrons. The molecular weight excluding hydrogens is 204 g/mol. The van der Waals surface area contributed by atoms with Gasteiger partial charge in [0, 0.05) is 19.3 Å². The molecular formula is C12H18N2O2. The molecule has 0 unspecified atom stereocenters. The molecule has 1 amide bonds. The Bertz CT molecular complexity index is 347. The topological polar surface area (TPSA) is 55.6 Å². The van der Waals surface area contributed by atoms with Crippen LogP contribution in [0.5, 0.6) is 0 Å². The lowest BCUT2D eigenvalue weighted by Crippen LogP contribution is -2.29. The summed E-state index contributed by atoms with van der Waals surface area (Å²) in [4.78, 5) is 13.0. The van der Waals surface area contributed by atoms with Gasteiger partial charge >= 0.3 is 6.09 Å². The zero-order valence-electron chi connectivity index (χ0n) is 9.93. The number of ether oxygens (including phenoxy) is 1. The summed E-state index contributed by atoms with van der Waals surface area (Å²) in [5.41, 5.74) is 7.32. The fraction of sp³-hybridized carbons (Fsp3) is 0.417. The van der Waals surface area contributed by atoms with E-state index < -0.39 is 0 Å². The van der Waals surface area contributed by atoms with E-state index in [1.165, 1.54) is 4.90 Å². The Morgan fingerprint density at radius 2 is 1.94 bits per heavy atom. The number of nitrogens with zero attached hydrogens (tertiary/aromatic N) is 1. The molecule has 0 aliphatic heterocycles. The van der Waals surface area contributed by atoms with Gasteiger partial charge in [0.1, 0.15) is 0 Å². The fourth-order valence-corrected chi connectivity index (χ4v) is 1.25. The van der Waals surface area contributed by atoms with E-state index in [1.807, 2.05) is 38.1 Å². The molecule has 0 heterocycles. The van der Waals surface area contributed by atoms with Crippen molar-refractivity contribution in [2.45, 2.75) is 26.5 Å². The summed E-state index contributed by atoms with van der Waals surface area (Å²) in [7, 11) is 1.71. The maximum atomic E-state index is 11.5. The summed E-state index contributed by atoms with van der Waals surface area (Å²) in [5, 5.41) is 0. The fourth-order valence-electron chi connectivity index (χ4n) is 1.25. The summed E-state index contributed by atoms with van der Waals surface area (Å²) < 4.78 is 5.07. The molecule has 0 bridgehead atoms. The lowest BCUT2D eigenvalue weighted by molar-refractivity contribution is 0.0822. The molecule has 0 saturated carbocycles. The summed E-state index contributed by atoms with van der Waals surface area (Å²) in [6, 6.07) is 7.43. The molecule has 0 aromatic heterocycles. The molecule has 2 N–H and O–H groups in total. The number of carbonyl (C=O) groups is 1. The second-order valence-corrected chi connectivity index (χ2v) is 4.03. The molecule has 16 heavy (non-hydrogen) atoms. The Morgan fingerprint density at radius 1 is 1.38 bits per heavy atom. The van der Waals surface area contributed by atoms with Crippen LogP contribution < -0.4 is 5.73 Å². The molecule has 0 fully saturated rings. The molecule has 1 aromatic rings. The Balaban J connectivity index is 2.53. The van der Waals surface area contributed by atoms with Gasteiger partial charge in [0.2, 0.25) is 0 Å². The van der Waals surface area contributed by atoms with E-state index in [-0.39, 0.29) is 12.2 Å². The number of carbonyl (C=O) groups excluding carboxylic acids is 1. The van der Waals surface area contributed by atoms with Gasteiger partial charge in [-0.1, -0.05) is 12.1 Å². The third kappa shape index (κ3) is 3.81. The van der Waals surface area contributed by atoms with Gasteiger partial charge in [-0.3, -0.25) is 0 Å². The first kappa shape index (κ1) is 12.4. The number of amides is 1. The summed E-state index contributed by atoms with van der Waals surface area (Å²) >= 11 is 0. The van der Waals surface area contributed by atoms with Crippen molar-refractivity contribution in [3.05, 3.63) is 29.8 Å². The number of hydrogen-bond acceptors (Lipinski definition) is 3. The Labute approximate surface area is 96.0 Å². The summed E-state index contributed by atoms with van der Waals surface area (Å²) in [6.45, 7) is 4.18. The van der Waals surface area contributed by atoms with Gasteiger partial charge in [0.25, 0.3) is 0 Å². The predicted molar refractivity (Wildman–Crippen MR) is 63.9 cm³/mol. The highest BCUT2D eigenvalue weighted by atomic mass is 16.6. The Kier molecular flexibility index (Phi) is 4.17. The van der Waals surface area contributed by atoms with Crippen LogP contribution in [-0.4, -0.2) is 24.1 Å². The van der Waals surface area contributed by atoms with Gasteiger partial charge < -0.3 is 15.4 Å². The molecule has 4 nitrogen and oxygen atoms in total. The van der Waals surface area contributed by atoms with Crippen molar-refractivity contribution < 1.29 is 9.53 Å². The standard InChI is InChI=1S/C12H18N2O2/c1-9(2)16-12(15)14(3)8-10-4-6-11(13)7-5-10/h4-7,9H,8,13H2,1-3H3. The SMILES string of the molecule is CC(C)OC(=O)N(C)Cc1ccc(N)cc1. The van der Waals surface area contributed by atoms with E-state index >= 15 is 0 Å². The van der Waals surface area contributed by atoms with Crippen LogP contribution in [0.15, 0.2) is 24.3 Å². The smallest absolute Gasteiger partial charge is 0.410 e. The van der Waals surface area contributed by atoms with Gasteiger partial charge in [-0.2, -0.15) is 0 Å². The number of hydrogen-bond donors (Lipinski definition) is 1. The van der Waals surface area contributed by atoms with Gasteiger partial charge in [-0.15, -0.1) is 0 Å². The molecule has 4 heteroatoms. The molecule has 0 atom stereocenters. The molecule has 88 valence electrons. The number of nitrogen functional groups attached to an aromatic ring is 1. The third-order valence-corrected chi connectivity index (χ3v) is 2.05. The van der Waals surface area contributed by atoms with Crippen LogP contribution in [-0.2, 0) is 11.3 Å². The quantitative estimate of drug-likeness (QED) is 0.798. The minimum atomic E-state index is -0.313. The van der Waals surface area contributed by atoms with Crippen molar-refractivity contribution in [3.63, 3.8) is 0 Å². The van der Waals surface area contributed by atoms with E-state index in [0.29, 0.717) is 6.54 Å². The number of rotatable bonds is 3. The van der Waals surface area contributed by atoms with E-state index in [9.17, 15) is 4.79 Å². The Hall–Kier alpha value is -1.71. The normalized spacial score (nSPS) is 10.2. The Morgan fingerprint density at radius 3 is 2.44 bits per heavy atom. The molecule has 0 saturated heterocycles. The van der Waals surface area contributed by atoms with Crippen LogP contribution in [0.3, 0.4) is 0 Å². The molecule has 0 spiro atoms. The molecule has 1 aromatic carbocycles. The average Bonchev–Trinajstić information content (AvgIpc) is 2.20. The minimum Gasteiger partial charge on any atom is -0.447 e. The number of nitrogens with two attached hydrogens (primary N) is 1. The van der Waals surface area contributed by atoms with E-state index in [0.717, 1.165) is 11.3 Å². The first-order valence-electron chi connectivity index (χ1n) is 5.25. The minimum absolute atomic E-state index is 0.0960. The van der Waals surface area contributed by atoms with E-state index in [4.69, 9.17) is 10.5 Å². The van der Waals surface area contributed by atoms with Crippen LogP contribution in [0.1, 0.15) is 19.4 Å². The van der Waals surface area contributed by atoms with Crippen LogP contribution in [0.25, 0.3) is 0 Å². The first-order valence-corrected chi connectivity index (χ1v) is 5.25. The maximum absolute atomic E-state index is 11.5. The van der Waals surface area contributed by atoms with Crippen LogP contribution >= 0.6 is 0 Å². The van der Waals surface area contributed by atoms with Crippen LogP contribution in [0.2, 0.25) is 0 Å². The van der Waals surface area contributed by atoms with Crippen molar-refractivity contribution in [2.24, 2.45) is 0 Å². The lowest BCUT2D eigenvalue weighted by Gasteiger charge is -2.18. The average molecular weight is 222 g/mol. The second-order valence-electron chi connectivity index (χ2n) is 4.03. The summed E-state index contributed by atoms with van der Waals surface area (Å²) in [5.74, 6) is 0. The highest BCUT2D eigenvalue weighted by Crippen LogP contribution is 2.08. The predicted octanol–water partition coefficient (Wildman–Crippen LogP) is 2.25. The maximum Gasteiger partial charge on any atom is 0.410 e. The van der Waals surface area contributed by atoms with Gasteiger partial charge in [-0.05, 0) is 31.5 Å². The van der Waals surface area contributed by atoms with E-state index in [1.54, 1.807) is 7.05 Å². The zero-order chi connectivity index (χ0) is 12.1. The third-order valence-electron chi connectivity index (χ3n) is 2.05. The van der Waals surface area contributed by atoms with Crippen molar-refractivity contribution >= 4 is 11.8 Å².